The van der Waals surface area contributed by atoms with Crippen LogP contribution in [0.2, 0.25) is 0 Å². The summed E-state index contributed by atoms with van der Waals surface area (Å²) in [4.78, 5) is 8.41. The number of nitrogens with zero attached hydrogens (tertiary/aromatic N) is 6. The van der Waals surface area contributed by atoms with E-state index in [1.807, 2.05) is 36.8 Å². The number of rotatable bonds is 4. The van der Waals surface area contributed by atoms with Gasteiger partial charge in [-0.3, -0.25) is 9.88 Å². The number of β-amino-alcohol motifs (C(OH)–C–C–N with tert-alkyl or cyclic N) is 1. The third kappa shape index (κ3) is 3.48. The lowest BCUT2D eigenvalue weighted by Crippen LogP contribution is -2.40. The summed E-state index contributed by atoms with van der Waals surface area (Å²) >= 11 is 0. The van der Waals surface area contributed by atoms with Crippen LogP contribution in [0.1, 0.15) is 28.7 Å². The molecule has 1 aliphatic heterocycles. The second-order valence-corrected chi connectivity index (χ2v) is 6.52. The average Bonchev–Trinajstić information content (AvgIpc) is 3.12. The standard InChI is InChI=1S/C17H22N6O2/c1-10-5-14(13(6-18)11(2)19-10)23-7-15(16(24)8-23)22(4)9-17-21-20-12(3)25-17/h5,15-16,24H,7-9H2,1-4H3/t15-,16+/m0/s1. The molecule has 3 heterocycles. The van der Waals surface area contributed by atoms with E-state index in [9.17, 15) is 10.4 Å². The Morgan fingerprint density at radius 2 is 2.12 bits per heavy atom. The van der Waals surface area contributed by atoms with Gasteiger partial charge in [-0.15, -0.1) is 10.2 Å². The van der Waals surface area contributed by atoms with Crippen molar-refractivity contribution < 1.29 is 9.52 Å². The van der Waals surface area contributed by atoms with Crippen LogP contribution in [0.25, 0.3) is 0 Å². The maximum atomic E-state index is 10.5. The SMILES string of the molecule is Cc1cc(N2C[C@@H](O)[C@@H](N(C)Cc3nnc(C)o3)C2)c(C#N)c(C)n1. The maximum absolute atomic E-state index is 10.5. The molecular formula is C17H22N6O2. The number of aryl methyl sites for hydroxylation is 3. The smallest absolute Gasteiger partial charge is 0.230 e. The molecule has 1 fully saturated rings. The third-order valence-electron chi connectivity index (χ3n) is 4.54. The molecule has 132 valence electrons. The third-order valence-corrected chi connectivity index (χ3v) is 4.54. The van der Waals surface area contributed by atoms with Gasteiger partial charge in [0.2, 0.25) is 11.8 Å². The number of hydrogen-bond donors (Lipinski definition) is 1. The van der Waals surface area contributed by atoms with E-state index in [0.29, 0.717) is 42.7 Å². The molecule has 8 nitrogen and oxygen atoms in total. The maximum Gasteiger partial charge on any atom is 0.230 e. The topological polar surface area (TPSA) is 102 Å². The summed E-state index contributed by atoms with van der Waals surface area (Å²) in [6.45, 7) is 7.04. The summed E-state index contributed by atoms with van der Waals surface area (Å²) in [5, 5.41) is 27.8. The number of aliphatic hydroxyl groups is 1. The fraction of sp³-hybridized carbons (Fsp3) is 0.529. The number of hydrogen-bond acceptors (Lipinski definition) is 8. The largest absolute Gasteiger partial charge is 0.424 e. The molecular weight excluding hydrogens is 320 g/mol. The van der Waals surface area contributed by atoms with E-state index in [0.717, 1.165) is 11.4 Å². The minimum atomic E-state index is -0.533. The Morgan fingerprint density at radius 1 is 1.36 bits per heavy atom. The average molecular weight is 342 g/mol. The van der Waals surface area contributed by atoms with Crippen molar-refractivity contribution in [2.75, 3.05) is 25.0 Å². The fourth-order valence-corrected chi connectivity index (χ4v) is 3.33. The van der Waals surface area contributed by atoms with Crippen LogP contribution >= 0.6 is 0 Å². The van der Waals surface area contributed by atoms with Crippen LogP contribution in [0.4, 0.5) is 5.69 Å². The van der Waals surface area contributed by atoms with Crippen molar-refractivity contribution in [2.45, 2.75) is 39.5 Å². The van der Waals surface area contributed by atoms with E-state index in [1.165, 1.54) is 0 Å². The van der Waals surface area contributed by atoms with E-state index in [4.69, 9.17) is 4.42 Å². The highest BCUT2D eigenvalue weighted by Crippen LogP contribution is 2.28. The molecule has 2 atom stereocenters. The second-order valence-electron chi connectivity index (χ2n) is 6.52. The zero-order valence-corrected chi connectivity index (χ0v) is 14.9. The van der Waals surface area contributed by atoms with Crippen molar-refractivity contribution in [1.82, 2.24) is 20.1 Å². The first-order valence-corrected chi connectivity index (χ1v) is 8.19. The number of likely N-dealkylation sites (N-methyl/N-ethyl adjacent to an activating group) is 1. The number of nitriles is 1. The van der Waals surface area contributed by atoms with E-state index in [2.05, 4.69) is 21.3 Å². The lowest BCUT2D eigenvalue weighted by Gasteiger charge is -2.25. The van der Waals surface area contributed by atoms with Crippen LogP contribution in [0.3, 0.4) is 0 Å². The molecule has 8 heteroatoms. The Balaban J connectivity index is 1.78. The predicted octanol–water partition coefficient (Wildman–Crippen LogP) is 0.943. The molecule has 1 saturated heterocycles. The zero-order valence-electron chi connectivity index (χ0n) is 14.9. The van der Waals surface area contributed by atoms with Crippen molar-refractivity contribution in [2.24, 2.45) is 0 Å². The highest BCUT2D eigenvalue weighted by atomic mass is 16.4. The first kappa shape index (κ1) is 17.3. The van der Waals surface area contributed by atoms with Gasteiger partial charge in [-0.05, 0) is 27.0 Å². The molecule has 0 unspecified atom stereocenters. The van der Waals surface area contributed by atoms with Crippen LogP contribution in [0.15, 0.2) is 10.5 Å². The fourth-order valence-electron chi connectivity index (χ4n) is 3.33. The zero-order chi connectivity index (χ0) is 18.1. The number of aromatic nitrogens is 3. The Kier molecular flexibility index (Phi) is 4.70. The van der Waals surface area contributed by atoms with Gasteiger partial charge in [0.1, 0.15) is 6.07 Å². The Bertz CT molecular complexity index is 812. The Labute approximate surface area is 146 Å². The number of aliphatic hydroxyl groups excluding tert-OH is 1. The molecule has 0 bridgehead atoms. The van der Waals surface area contributed by atoms with Crippen LogP contribution in [-0.2, 0) is 6.54 Å². The summed E-state index contributed by atoms with van der Waals surface area (Å²) in [5.74, 6) is 1.05. The lowest BCUT2D eigenvalue weighted by molar-refractivity contribution is 0.0903. The number of pyridine rings is 1. The van der Waals surface area contributed by atoms with Crippen LogP contribution in [0, 0.1) is 32.1 Å². The van der Waals surface area contributed by atoms with Gasteiger partial charge < -0.3 is 14.4 Å². The summed E-state index contributed by atoms with van der Waals surface area (Å²) in [7, 11) is 1.92. The number of anilines is 1. The molecule has 1 N–H and O–H groups in total. The van der Waals surface area contributed by atoms with E-state index >= 15 is 0 Å². The Morgan fingerprint density at radius 3 is 2.76 bits per heavy atom. The molecule has 25 heavy (non-hydrogen) atoms. The summed E-state index contributed by atoms with van der Waals surface area (Å²) in [6, 6.07) is 4.05. The highest BCUT2D eigenvalue weighted by Gasteiger charge is 2.36. The minimum Gasteiger partial charge on any atom is -0.424 e. The van der Waals surface area contributed by atoms with E-state index in [1.54, 1.807) is 6.92 Å². The highest BCUT2D eigenvalue weighted by molar-refractivity contribution is 5.62. The quantitative estimate of drug-likeness (QED) is 0.876. The van der Waals surface area contributed by atoms with Crippen LogP contribution in [-0.4, -0.2) is 57.5 Å². The molecule has 0 aliphatic carbocycles. The summed E-state index contributed by atoms with van der Waals surface area (Å²) in [6.07, 6.45) is -0.533. The molecule has 1 aliphatic rings. The van der Waals surface area contributed by atoms with Crippen molar-refractivity contribution in [3.05, 3.63) is 34.8 Å². The summed E-state index contributed by atoms with van der Waals surface area (Å²) < 4.78 is 5.42. The molecule has 0 radical (unpaired) electrons. The van der Waals surface area contributed by atoms with Gasteiger partial charge in [-0.25, -0.2) is 0 Å². The summed E-state index contributed by atoms with van der Waals surface area (Å²) in [5.41, 5.74) is 2.97. The molecule has 0 spiro atoms. The van der Waals surface area contributed by atoms with Crippen molar-refractivity contribution in [3.8, 4) is 6.07 Å². The molecule has 0 saturated carbocycles. The van der Waals surface area contributed by atoms with Crippen molar-refractivity contribution in [3.63, 3.8) is 0 Å². The van der Waals surface area contributed by atoms with Gasteiger partial charge >= 0.3 is 0 Å². The molecule has 0 amide bonds. The lowest BCUT2D eigenvalue weighted by atomic mass is 10.1. The van der Waals surface area contributed by atoms with Crippen LogP contribution in [0.5, 0.6) is 0 Å². The van der Waals surface area contributed by atoms with Gasteiger partial charge in [0.05, 0.1) is 35.6 Å². The van der Waals surface area contributed by atoms with Gasteiger partial charge in [0, 0.05) is 25.7 Å². The minimum absolute atomic E-state index is 0.0903. The van der Waals surface area contributed by atoms with Gasteiger partial charge in [0.15, 0.2) is 0 Å². The van der Waals surface area contributed by atoms with E-state index in [-0.39, 0.29) is 6.04 Å². The van der Waals surface area contributed by atoms with Crippen molar-refractivity contribution >= 4 is 5.69 Å². The monoisotopic (exact) mass is 342 g/mol. The molecule has 0 aromatic carbocycles. The van der Waals surface area contributed by atoms with Gasteiger partial charge in [-0.2, -0.15) is 5.26 Å². The second kappa shape index (κ2) is 6.78. The van der Waals surface area contributed by atoms with Gasteiger partial charge in [-0.1, -0.05) is 0 Å². The van der Waals surface area contributed by atoms with Gasteiger partial charge in [0.25, 0.3) is 0 Å². The molecule has 3 rings (SSSR count). The first-order chi connectivity index (χ1) is 11.9. The molecule has 2 aromatic heterocycles. The predicted molar refractivity (Wildman–Crippen MR) is 90.9 cm³/mol. The first-order valence-electron chi connectivity index (χ1n) is 8.19. The normalized spacial score (nSPS) is 20.3. The molecule has 2 aromatic rings. The van der Waals surface area contributed by atoms with Crippen molar-refractivity contribution in [1.29, 1.82) is 5.26 Å². The van der Waals surface area contributed by atoms with Crippen LogP contribution < -0.4 is 4.90 Å². The Hall–Kier alpha value is -2.50. The van der Waals surface area contributed by atoms with E-state index < -0.39 is 6.10 Å².